The summed E-state index contributed by atoms with van der Waals surface area (Å²) in [5, 5.41) is 5.73. The number of benzene rings is 1. The number of terminal acetylenes is 1. The average molecular weight is 518 g/mol. The number of amides is 3. The average Bonchev–Trinajstić information content (AvgIpc) is 2.80. The van der Waals surface area contributed by atoms with Crippen molar-refractivity contribution in [2.24, 2.45) is 0 Å². The van der Waals surface area contributed by atoms with E-state index < -0.39 is 23.8 Å². The molecular weight excluding hydrogens is 474 g/mol. The molecule has 8 heteroatoms. The Morgan fingerprint density at radius 2 is 1.83 bits per heavy atom. The predicted molar refractivity (Wildman–Crippen MR) is 148 cm³/mol. The highest BCUT2D eigenvalue weighted by Gasteiger charge is 2.38. The summed E-state index contributed by atoms with van der Waals surface area (Å²) < 4.78 is 5.41. The van der Waals surface area contributed by atoms with Gasteiger partial charge in [-0.1, -0.05) is 43.9 Å². The number of carbonyl (C=O) groups is 3. The van der Waals surface area contributed by atoms with Crippen molar-refractivity contribution < 1.29 is 19.1 Å². The molecule has 0 spiro atoms. The minimum absolute atomic E-state index is 0.295. The fourth-order valence-electron chi connectivity index (χ4n) is 3.77. The van der Waals surface area contributed by atoms with Gasteiger partial charge in [0.2, 0.25) is 11.8 Å². The first-order valence-electron chi connectivity index (χ1n) is 12.6. The predicted octanol–water partition coefficient (Wildman–Crippen LogP) is 4.90. The number of unbranched alkanes of at least 4 members (excludes halogenated alkanes) is 2. The molecule has 0 heterocycles. The van der Waals surface area contributed by atoms with Crippen LogP contribution < -0.4 is 10.6 Å². The minimum atomic E-state index is -0.941. The number of hydrogen-bond donors (Lipinski definition) is 2. The van der Waals surface area contributed by atoms with E-state index >= 15 is 0 Å². The molecule has 0 saturated carbocycles. The third-order valence-corrected chi connectivity index (χ3v) is 6.07. The second-order valence-electron chi connectivity index (χ2n) is 9.95. The lowest BCUT2D eigenvalue weighted by atomic mass is 9.96. The van der Waals surface area contributed by atoms with Crippen LogP contribution in [0, 0.1) is 12.3 Å². The van der Waals surface area contributed by atoms with Gasteiger partial charge in [-0.2, -0.15) is 11.8 Å². The van der Waals surface area contributed by atoms with Crippen molar-refractivity contribution in [2.45, 2.75) is 91.0 Å². The molecule has 2 unspecified atom stereocenters. The Balaban J connectivity index is 3.44. The van der Waals surface area contributed by atoms with Crippen LogP contribution in [0.5, 0.6) is 0 Å². The van der Waals surface area contributed by atoms with E-state index in [1.54, 1.807) is 50.7 Å². The summed E-state index contributed by atoms with van der Waals surface area (Å²) in [5.74, 6) is 2.65. The highest BCUT2D eigenvalue weighted by molar-refractivity contribution is 7.98. The van der Waals surface area contributed by atoms with Crippen LogP contribution in [0.15, 0.2) is 24.3 Å². The van der Waals surface area contributed by atoms with Gasteiger partial charge in [-0.15, -0.1) is 6.42 Å². The SMILES string of the molecule is C#Cc1ccccc1C(C(=O)NCCCCC)N(C(=O)C(CCSC)NC(=O)OC(C)(C)C)C(C)C. The zero-order valence-corrected chi connectivity index (χ0v) is 23.7. The lowest BCUT2D eigenvalue weighted by molar-refractivity contribution is -0.144. The summed E-state index contributed by atoms with van der Waals surface area (Å²) >= 11 is 1.57. The maximum Gasteiger partial charge on any atom is 0.408 e. The third-order valence-electron chi connectivity index (χ3n) is 5.43. The van der Waals surface area contributed by atoms with E-state index in [2.05, 4.69) is 23.5 Å². The lowest BCUT2D eigenvalue weighted by Crippen LogP contribution is -2.55. The van der Waals surface area contributed by atoms with Gasteiger partial charge < -0.3 is 20.3 Å². The van der Waals surface area contributed by atoms with Crippen molar-refractivity contribution in [3.8, 4) is 12.3 Å². The normalized spacial score (nSPS) is 12.9. The first-order chi connectivity index (χ1) is 17.0. The Kier molecular flexibility index (Phi) is 13.5. The van der Waals surface area contributed by atoms with Gasteiger partial charge in [0.05, 0.1) is 0 Å². The largest absolute Gasteiger partial charge is 0.444 e. The Hall–Kier alpha value is -2.66. The Morgan fingerprint density at radius 3 is 2.39 bits per heavy atom. The van der Waals surface area contributed by atoms with E-state index in [4.69, 9.17) is 11.2 Å². The second-order valence-corrected chi connectivity index (χ2v) is 10.9. The molecule has 0 radical (unpaired) electrons. The first kappa shape index (κ1) is 31.4. The van der Waals surface area contributed by atoms with Crippen LogP contribution in [0.3, 0.4) is 0 Å². The highest BCUT2D eigenvalue weighted by atomic mass is 32.2. The molecule has 1 rings (SSSR count). The van der Waals surface area contributed by atoms with E-state index in [0.29, 0.717) is 29.8 Å². The van der Waals surface area contributed by atoms with Gasteiger partial charge >= 0.3 is 6.09 Å². The van der Waals surface area contributed by atoms with Crippen LogP contribution in [0.1, 0.15) is 84.4 Å². The van der Waals surface area contributed by atoms with Crippen LogP contribution in [-0.2, 0) is 14.3 Å². The van der Waals surface area contributed by atoms with Crippen molar-refractivity contribution in [1.82, 2.24) is 15.5 Å². The number of nitrogens with zero attached hydrogens (tertiary/aromatic N) is 1. The van der Waals surface area contributed by atoms with E-state index in [0.717, 1.165) is 19.3 Å². The van der Waals surface area contributed by atoms with Gasteiger partial charge in [-0.05, 0) is 71.1 Å². The number of nitrogens with one attached hydrogen (secondary N) is 2. The maximum atomic E-state index is 14.0. The Bertz CT molecular complexity index is 905. The highest BCUT2D eigenvalue weighted by Crippen LogP contribution is 2.28. The van der Waals surface area contributed by atoms with Crippen LogP contribution in [0.4, 0.5) is 4.79 Å². The molecule has 3 amide bonds. The van der Waals surface area contributed by atoms with E-state index in [1.165, 1.54) is 4.90 Å². The second kappa shape index (κ2) is 15.5. The zero-order valence-electron chi connectivity index (χ0n) is 22.8. The lowest BCUT2D eigenvalue weighted by Gasteiger charge is -2.37. The van der Waals surface area contributed by atoms with Gasteiger partial charge in [0.25, 0.3) is 0 Å². The molecule has 1 aromatic rings. The van der Waals surface area contributed by atoms with Crippen LogP contribution in [0.25, 0.3) is 0 Å². The molecule has 0 bridgehead atoms. The monoisotopic (exact) mass is 517 g/mol. The minimum Gasteiger partial charge on any atom is -0.444 e. The summed E-state index contributed by atoms with van der Waals surface area (Å²) in [7, 11) is 0. The molecule has 2 atom stereocenters. The molecule has 7 nitrogen and oxygen atoms in total. The van der Waals surface area contributed by atoms with Crippen LogP contribution in [-0.4, -0.2) is 59.0 Å². The summed E-state index contributed by atoms with van der Waals surface area (Å²) in [6.45, 7) is 11.6. The molecule has 2 N–H and O–H groups in total. The molecule has 1 aromatic carbocycles. The molecule has 36 heavy (non-hydrogen) atoms. The Morgan fingerprint density at radius 1 is 1.17 bits per heavy atom. The summed E-state index contributed by atoms with van der Waals surface area (Å²) in [6.07, 6.45) is 10.3. The van der Waals surface area contributed by atoms with E-state index in [1.807, 2.05) is 26.2 Å². The van der Waals surface area contributed by atoms with Gasteiger partial charge in [0, 0.05) is 18.2 Å². The zero-order chi connectivity index (χ0) is 27.3. The van der Waals surface area contributed by atoms with Crippen molar-refractivity contribution in [3.63, 3.8) is 0 Å². The molecule has 0 fully saturated rings. The number of thioether (sulfide) groups is 1. The molecule has 200 valence electrons. The number of alkyl carbamates (subject to hydrolysis) is 1. The molecule has 0 aromatic heterocycles. The van der Waals surface area contributed by atoms with E-state index in [-0.39, 0.29) is 17.9 Å². The quantitative estimate of drug-likeness (QED) is 0.287. The summed E-state index contributed by atoms with van der Waals surface area (Å²) in [4.78, 5) is 41.7. The summed E-state index contributed by atoms with van der Waals surface area (Å²) in [5.41, 5.74) is 0.419. The van der Waals surface area contributed by atoms with Crippen LogP contribution in [0.2, 0.25) is 0 Å². The number of rotatable bonds is 13. The van der Waals surface area contributed by atoms with Crippen molar-refractivity contribution >= 4 is 29.7 Å². The Labute approximate surface area is 221 Å². The maximum absolute atomic E-state index is 14.0. The van der Waals surface area contributed by atoms with Gasteiger partial charge in [-0.25, -0.2) is 4.79 Å². The fourth-order valence-corrected chi connectivity index (χ4v) is 4.24. The number of carbonyl (C=O) groups excluding carboxylic acids is 3. The summed E-state index contributed by atoms with van der Waals surface area (Å²) in [6, 6.07) is 5.02. The number of hydrogen-bond acceptors (Lipinski definition) is 5. The molecular formula is C28H43N3O4S. The third kappa shape index (κ3) is 10.1. The van der Waals surface area contributed by atoms with Crippen molar-refractivity contribution in [2.75, 3.05) is 18.6 Å². The molecule has 0 aliphatic heterocycles. The standard InChI is InChI=1S/C28H43N3O4S/c1-9-11-14-18-29-25(32)24(22-16-13-12-15-21(22)10-2)31(20(3)4)26(33)23(17-19-36-8)30-27(34)35-28(5,6)7/h2,12-13,15-16,20,23-24H,9,11,14,17-19H2,1,3-8H3,(H,29,32)(H,30,34). The smallest absolute Gasteiger partial charge is 0.408 e. The van der Waals surface area contributed by atoms with Crippen molar-refractivity contribution in [1.29, 1.82) is 0 Å². The van der Waals surface area contributed by atoms with Crippen LogP contribution >= 0.6 is 11.8 Å². The number of ether oxygens (including phenoxy) is 1. The fraction of sp³-hybridized carbons (Fsp3) is 0.607. The van der Waals surface area contributed by atoms with Gasteiger partial charge in [0.15, 0.2) is 0 Å². The van der Waals surface area contributed by atoms with Gasteiger partial charge in [-0.3, -0.25) is 9.59 Å². The van der Waals surface area contributed by atoms with E-state index in [9.17, 15) is 14.4 Å². The topological polar surface area (TPSA) is 87.7 Å². The first-order valence-corrected chi connectivity index (χ1v) is 14.0. The van der Waals surface area contributed by atoms with Gasteiger partial charge in [0.1, 0.15) is 17.7 Å². The molecule has 0 aliphatic rings. The molecule has 0 saturated heterocycles. The van der Waals surface area contributed by atoms with Crippen molar-refractivity contribution in [3.05, 3.63) is 35.4 Å². The molecule has 0 aliphatic carbocycles.